The zero-order valence-electron chi connectivity index (χ0n) is 13.2. The van der Waals surface area contributed by atoms with Gasteiger partial charge in [0.2, 0.25) is 5.91 Å². The first-order valence-corrected chi connectivity index (χ1v) is 9.02. The minimum atomic E-state index is -0.342. The van der Waals surface area contributed by atoms with Crippen LogP contribution >= 0.6 is 22.9 Å². The van der Waals surface area contributed by atoms with Gasteiger partial charge in [-0.25, -0.2) is 15.2 Å². The van der Waals surface area contributed by atoms with Crippen molar-refractivity contribution in [2.45, 2.75) is 31.8 Å². The molecule has 1 fully saturated rings. The summed E-state index contributed by atoms with van der Waals surface area (Å²) in [6, 6.07) is 8.60. The molecule has 1 aromatic carbocycles. The summed E-state index contributed by atoms with van der Waals surface area (Å²) in [5.74, 6) is -0.434. The third-order valence-corrected chi connectivity index (χ3v) is 5.53. The molecule has 3 rings (SSSR count). The lowest BCUT2D eigenvalue weighted by molar-refractivity contribution is -0.122. The van der Waals surface area contributed by atoms with Gasteiger partial charge in [-0.1, -0.05) is 17.7 Å². The largest absolute Gasteiger partial charge is 0.354 e. The molecule has 4 nitrogen and oxygen atoms in total. The van der Waals surface area contributed by atoms with E-state index in [1.807, 2.05) is 0 Å². The monoisotopic (exact) mass is 367 g/mol. The lowest BCUT2D eigenvalue weighted by Gasteiger charge is -2.11. The topological polar surface area (TPSA) is 53.2 Å². The van der Waals surface area contributed by atoms with Crippen molar-refractivity contribution in [3.8, 4) is 0 Å². The molecule has 1 amide bonds. The van der Waals surface area contributed by atoms with Crippen molar-refractivity contribution in [3.63, 3.8) is 0 Å². The fraction of sp³-hybridized carbons (Fsp3) is 0.353. The van der Waals surface area contributed by atoms with Gasteiger partial charge in [-0.15, -0.1) is 11.3 Å². The van der Waals surface area contributed by atoms with Crippen LogP contribution in [-0.4, -0.2) is 18.5 Å². The smallest absolute Gasteiger partial charge is 0.238 e. The van der Waals surface area contributed by atoms with E-state index in [0.29, 0.717) is 30.0 Å². The minimum Gasteiger partial charge on any atom is -0.354 e. The van der Waals surface area contributed by atoms with Crippen LogP contribution in [0.1, 0.15) is 27.8 Å². The zero-order chi connectivity index (χ0) is 17.1. The SMILES string of the molecule is Cc1ccc(C2CC(C(=O)NCCc3c(F)cccc3Cl)NN2)s1. The number of hydrazine groups is 1. The Labute approximate surface area is 149 Å². The number of carbonyl (C=O) groups is 1. The molecular weight excluding hydrogens is 349 g/mol. The standard InChI is InChI=1S/C17H19ClFN3OS/c1-10-5-6-16(24-10)14-9-15(22-21-14)17(23)20-8-7-11-12(18)3-2-4-13(11)19/h2-6,14-15,21-22H,7-9H2,1H3,(H,20,23). The van der Waals surface area contributed by atoms with Crippen LogP contribution in [0.15, 0.2) is 30.3 Å². The third-order valence-electron chi connectivity index (χ3n) is 4.06. The number of halogens is 2. The van der Waals surface area contributed by atoms with E-state index in [2.05, 4.69) is 35.2 Å². The highest BCUT2D eigenvalue weighted by Gasteiger charge is 2.30. The van der Waals surface area contributed by atoms with Crippen molar-refractivity contribution in [2.75, 3.05) is 6.54 Å². The highest BCUT2D eigenvalue weighted by molar-refractivity contribution is 7.12. The number of aryl methyl sites for hydroxylation is 1. The molecule has 0 saturated carbocycles. The Morgan fingerprint density at radius 1 is 1.38 bits per heavy atom. The first kappa shape index (κ1) is 17.4. The van der Waals surface area contributed by atoms with E-state index in [1.54, 1.807) is 23.5 Å². The molecule has 0 bridgehead atoms. The summed E-state index contributed by atoms with van der Waals surface area (Å²) in [7, 11) is 0. The molecule has 1 saturated heterocycles. The van der Waals surface area contributed by atoms with Gasteiger partial charge in [-0.2, -0.15) is 0 Å². The van der Waals surface area contributed by atoms with E-state index in [9.17, 15) is 9.18 Å². The molecule has 2 unspecified atom stereocenters. The van der Waals surface area contributed by atoms with E-state index in [-0.39, 0.29) is 23.8 Å². The van der Waals surface area contributed by atoms with Gasteiger partial charge < -0.3 is 5.32 Å². The molecule has 3 N–H and O–H groups in total. The van der Waals surface area contributed by atoms with Crippen LogP contribution in [0.5, 0.6) is 0 Å². The highest BCUT2D eigenvalue weighted by Crippen LogP contribution is 2.28. The molecule has 0 radical (unpaired) electrons. The van der Waals surface area contributed by atoms with Crippen LogP contribution in [0.2, 0.25) is 5.02 Å². The molecule has 1 aliphatic heterocycles. The number of amides is 1. The molecule has 1 aliphatic rings. The van der Waals surface area contributed by atoms with Gasteiger partial charge in [0, 0.05) is 26.9 Å². The number of benzene rings is 1. The Morgan fingerprint density at radius 3 is 2.92 bits per heavy atom. The molecule has 24 heavy (non-hydrogen) atoms. The maximum Gasteiger partial charge on any atom is 0.238 e. The molecule has 2 aromatic rings. The molecule has 2 atom stereocenters. The van der Waals surface area contributed by atoms with Crippen LogP contribution in [0.3, 0.4) is 0 Å². The maximum atomic E-state index is 13.7. The second-order valence-electron chi connectivity index (χ2n) is 5.82. The number of thiophene rings is 1. The molecule has 2 heterocycles. The van der Waals surface area contributed by atoms with Crippen molar-refractivity contribution < 1.29 is 9.18 Å². The average molecular weight is 368 g/mol. The Kier molecular flexibility index (Phi) is 5.50. The quantitative estimate of drug-likeness (QED) is 0.761. The van der Waals surface area contributed by atoms with Gasteiger partial charge in [0.15, 0.2) is 0 Å². The predicted molar refractivity (Wildman–Crippen MR) is 94.6 cm³/mol. The van der Waals surface area contributed by atoms with Crippen LogP contribution in [0.25, 0.3) is 0 Å². The van der Waals surface area contributed by atoms with E-state index in [4.69, 9.17) is 11.6 Å². The van der Waals surface area contributed by atoms with Gasteiger partial charge in [0.25, 0.3) is 0 Å². The third kappa shape index (κ3) is 3.95. The van der Waals surface area contributed by atoms with Crippen molar-refractivity contribution in [1.82, 2.24) is 16.2 Å². The Morgan fingerprint density at radius 2 is 2.21 bits per heavy atom. The first-order valence-electron chi connectivity index (χ1n) is 7.82. The van der Waals surface area contributed by atoms with E-state index < -0.39 is 0 Å². The summed E-state index contributed by atoms with van der Waals surface area (Å²) < 4.78 is 13.7. The van der Waals surface area contributed by atoms with Gasteiger partial charge in [0.1, 0.15) is 11.9 Å². The molecule has 1 aromatic heterocycles. The van der Waals surface area contributed by atoms with Crippen molar-refractivity contribution in [3.05, 3.63) is 56.5 Å². The molecule has 0 spiro atoms. The minimum absolute atomic E-state index is 0.0919. The number of nitrogens with one attached hydrogen (secondary N) is 3. The van der Waals surface area contributed by atoms with Crippen molar-refractivity contribution in [2.24, 2.45) is 0 Å². The first-order chi connectivity index (χ1) is 11.5. The van der Waals surface area contributed by atoms with Gasteiger partial charge in [-0.05, 0) is 44.0 Å². The molecule has 7 heteroatoms. The summed E-state index contributed by atoms with van der Waals surface area (Å²) in [5, 5.41) is 3.23. The van der Waals surface area contributed by atoms with Crippen LogP contribution in [0.4, 0.5) is 4.39 Å². The maximum absolute atomic E-state index is 13.7. The number of rotatable bonds is 5. The summed E-state index contributed by atoms with van der Waals surface area (Å²) in [4.78, 5) is 14.7. The van der Waals surface area contributed by atoms with Crippen molar-refractivity contribution >= 4 is 28.8 Å². The van der Waals surface area contributed by atoms with E-state index in [0.717, 1.165) is 0 Å². The molecule has 0 aliphatic carbocycles. The predicted octanol–water partition coefficient (Wildman–Crippen LogP) is 3.12. The second kappa shape index (κ2) is 7.61. The average Bonchev–Trinajstić information content (AvgIpc) is 3.19. The van der Waals surface area contributed by atoms with E-state index in [1.165, 1.54) is 15.8 Å². The lowest BCUT2D eigenvalue weighted by Crippen LogP contribution is -2.43. The summed E-state index contributed by atoms with van der Waals surface area (Å²) in [6.45, 7) is 2.41. The number of hydrogen-bond donors (Lipinski definition) is 3. The summed E-state index contributed by atoms with van der Waals surface area (Å²) >= 11 is 7.71. The Hall–Kier alpha value is -1.47. The fourth-order valence-corrected chi connectivity index (χ4v) is 3.96. The molecule has 128 valence electrons. The van der Waals surface area contributed by atoms with Crippen LogP contribution in [0, 0.1) is 12.7 Å². The number of carbonyl (C=O) groups excluding carboxylic acids is 1. The number of hydrogen-bond acceptors (Lipinski definition) is 4. The highest BCUT2D eigenvalue weighted by atomic mass is 35.5. The normalized spacial score (nSPS) is 20.3. The van der Waals surface area contributed by atoms with Crippen molar-refractivity contribution in [1.29, 1.82) is 0 Å². The summed E-state index contributed by atoms with van der Waals surface area (Å²) in [6.07, 6.45) is 1.05. The van der Waals surface area contributed by atoms with E-state index >= 15 is 0 Å². The van der Waals surface area contributed by atoms with Gasteiger partial charge >= 0.3 is 0 Å². The zero-order valence-corrected chi connectivity index (χ0v) is 14.8. The Balaban J connectivity index is 1.49. The lowest BCUT2D eigenvalue weighted by atomic mass is 10.1. The fourth-order valence-electron chi connectivity index (χ4n) is 2.76. The molecular formula is C17H19ClFN3OS. The van der Waals surface area contributed by atoms with Gasteiger partial charge in [-0.3, -0.25) is 4.79 Å². The Bertz CT molecular complexity index is 716. The van der Waals surface area contributed by atoms with Crippen LogP contribution in [-0.2, 0) is 11.2 Å². The second-order valence-corrected chi connectivity index (χ2v) is 7.55. The van der Waals surface area contributed by atoms with Crippen LogP contribution < -0.4 is 16.2 Å². The summed E-state index contributed by atoms with van der Waals surface area (Å²) in [5.41, 5.74) is 6.63. The van der Waals surface area contributed by atoms with Gasteiger partial charge in [0.05, 0.1) is 6.04 Å².